The van der Waals surface area contributed by atoms with E-state index in [9.17, 15) is 10.1 Å². The minimum atomic E-state index is -0.442. The molecule has 1 amide bonds. The van der Waals surface area contributed by atoms with E-state index < -0.39 is 5.91 Å². The van der Waals surface area contributed by atoms with Gasteiger partial charge in [0, 0.05) is 9.13 Å². The first-order chi connectivity index (χ1) is 11.2. The Bertz CT molecular complexity index is 779. The van der Waals surface area contributed by atoms with E-state index in [1.165, 1.54) is 6.08 Å². The minimum Gasteiger partial charge on any atom is -0.493 e. The molecular weight excluding hydrogens is 403 g/mol. The minimum absolute atomic E-state index is 0.0248. The van der Waals surface area contributed by atoms with Crippen LogP contribution in [0.25, 0.3) is 6.08 Å². The van der Waals surface area contributed by atoms with Crippen LogP contribution in [0.15, 0.2) is 54.1 Å². The van der Waals surface area contributed by atoms with Crippen molar-refractivity contribution in [1.29, 1.82) is 5.26 Å². The van der Waals surface area contributed by atoms with Gasteiger partial charge in [-0.3, -0.25) is 4.79 Å². The van der Waals surface area contributed by atoms with Gasteiger partial charge < -0.3 is 10.1 Å². The molecule has 0 aliphatic carbocycles. The molecule has 5 heteroatoms. The lowest BCUT2D eigenvalue weighted by Gasteiger charge is -2.08. The molecular formula is C18H15IN2O2. The number of nitrogens with one attached hydrogen (secondary N) is 1. The zero-order chi connectivity index (χ0) is 16.7. The summed E-state index contributed by atoms with van der Waals surface area (Å²) < 4.78 is 6.42. The summed E-state index contributed by atoms with van der Waals surface area (Å²) in [4.78, 5) is 12.3. The number of rotatable bonds is 5. The number of amides is 1. The van der Waals surface area contributed by atoms with Gasteiger partial charge in [-0.2, -0.15) is 5.26 Å². The van der Waals surface area contributed by atoms with Crippen LogP contribution in [0, 0.1) is 14.9 Å². The zero-order valence-corrected chi connectivity index (χ0v) is 14.7. The molecule has 4 nitrogen and oxygen atoms in total. The van der Waals surface area contributed by atoms with Gasteiger partial charge in [0.1, 0.15) is 17.4 Å². The average molecular weight is 418 g/mol. The van der Waals surface area contributed by atoms with Gasteiger partial charge in [-0.1, -0.05) is 30.3 Å². The third kappa shape index (κ3) is 4.57. The topological polar surface area (TPSA) is 62.1 Å². The number of hydrogen-bond donors (Lipinski definition) is 1. The van der Waals surface area contributed by atoms with E-state index in [-0.39, 0.29) is 5.57 Å². The Morgan fingerprint density at radius 1 is 1.26 bits per heavy atom. The van der Waals surface area contributed by atoms with E-state index in [0.29, 0.717) is 23.6 Å². The molecule has 0 radical (unpaired) electrons. The second-order valence-electron chi connectivity index (χ2n) is 4.57. The molecule has 0 unspecified atom stereocenters. The number of nitrogens with zero attached hydrogens (tertiary/aromatic N) is 1. The predicted octanol–water partition coefficient (Wildman–Crippen LogP) is 4.24. The predicted molar refractivity (Wildman–Crippen MR) is 99.0 cm³/mol. The first-order valence-electron chi connectivity index (χ1n) is 7.05. The lowest BCUT2D eigenvalue weighted by molar-refractivity contribution is -0.112. The summed E-state index contributed by atoms with van der Waals surface area (Å²) in [6.45, 7) is 2.40. The fraction of sp³-hybridized carbons (Fsp3) is 0.111. The van der Waals surface area contributed by atoms with E-state index >= 15 is 0 Å². The molecule has 0 saturated heterocycles. The van der Waals surface area contributed by atoms with E-state index in [0.717, 1.165) is 3.57 Å². The molecule has 23 heavy (non-hydrogen) atoms. The van der Waals surface area contributed by atoms with Crippen molar-refractivity contribution in [1.82, 2.24) is 0 Å². The Morgan fingerprint density at radius 3 is 2.65 bits per heavy atom. The van der Waals surface area contributed by atoms with Crippen LogP contribution in [0.3, 0.4) is 0 Å². The maximum absolute atomic E-state index is 12.3. The quantitative estimate of drug-likeness (QED) is 0.449. The van der Waals surface area contributed by atoms with Crippen molar-refractivity contribution in [2.75, 3.05) is 11.9 Å². The molecule has 2 rings (SSSR count). The van der Waals surface area contributed by atoms with E-state index in [1.54, 1.807) is 6.07 Å². The third-order valence-electron chi connectivity index (χ3n) is 3.01. The molecule has 0 aromatic heterocycles. The molecule has 0 spiro atoms. The smallest absolute Gasteiger partial charge is 0.266 e. The second-order valence-corrected chi connectivity index (χ2v) is 5.74. The number of benzene rings is 2. The number of anilines is 1. The number of carbonyl (C=O) groups is 1. The highest BCUT2D eigenvalue weighted by molar-refractivity contribution is 14.1. The van der Waals surface area contributed by atoms with Crippen molar-refractivity contribution in [3.63, 3.8) is 0 Å². The van der Waals surface area contributed by atoms with Crippen molar-refractivity contribution in [3.8, 4) is 11.8 Å². The lowest BCUT2D eigenvalue weighted by Crippen LogP contribution is -2.14. The normalized spacial score (nSPS) is 10.7. The summed E-state index contributed by atoms with van der Waals surface area (Å²) in [6.07, 6.45) is 1.54. The Labute approximate surface area is 148 Å². The fourth-order valence-corrected chi connectivity index (χ4v) is 2.47. The Kier molecular flexibility index (Phi) is 6.18. The summed E-state index contributed by atoms with van der Waals surface area (Å²) >= 11 is 2.13. The molecule has 2 aromatic carbocycles. The summed E-state index contributed by atoms with van der Waals surface area (Å²) in [7, 11) is 0. The summed E-state index contributed by atoms with van der Waals surface area (Å²) in [5.74, 6) is 0.202. The van der Waals surface area contributed by atoms with Gasteiger partial charge in [0.25, 0.3) is 5.91 Å². The van der Waals surface area contributed by atoms with Crippen LogP contribution in [-0.4, -0.2) is 12.5 Å². The van der Waals surface area contributed by atoms with Gasteiger partial charge in [0.05, 0.1) is 12.3 Å². The Morgan fingerprint density at radius 2 is 1.96 bits per heavy atom. The second kappa shape index (κ2) is 8.34. The number of halogens is 1. The standard InChI is InChI=1S/C18H15IN2O2/c1-2-23-17-10-6-3-7-13(17)11-14(12-20)18(22)21-16-9-5-4-8-15(16)19/h3-11H,2H2,1H3,(H,21,22)/b14-11-. The van der Waals surface area contributed by atoms with Gasteiger partial charge >= 0.3 is 0 Å². The number of carbonyl (C=O) groups excluding carboxylic acids is 1. The average Bonchev–Trinajstić information content (AvgIpc) is 2.56. The highest BCUT2D eigenvalue weighted by Crippen LogP contribution is 2.22. The van der Waals surface area contributed by atoms with Crippen molar-refractivity contribution in [3.05, 3.63) is 63.2 Å². The molecule has 0 heterocycles. The van der Waals surface area contributed by atoms with Gasteiger partial charge in [0.2, 0.25) is 0 Å². The summed E-state index contributed by atoms with van der Waals surface area (Å²) in [5, 5.41) is 12.1. The molecule has 0 aliphatic heterocycles. The molecule has 0 bridgehead atoms. The number of hydrogen-bond acceptors (Lipinski definition) is 3. The SMILES string of the molecule is CCOc1ccccc1/C=C(/C#N)C(=O)Nc1ccccc1I. The maximum Gasteiger partial charge on any atom is 0.266 e. The molecule has 1 N–H and O–H groups in total. The Balaban J connectivity index is 2.27. The van der Waals surface area contributed by atoms with Crippen molar-refractivity contribution in [2.24, 2.45) is 0 Å². The lowest BCUT2D eigenvalue weighted by atomic mass is 10.1. The van der Waals surface area contributed by atoms with Gasteiger partial charge in [-0.25, -0.2) is 0 Å². The largest absolute Gasteiger partial charge is 0.493 e. The van der Waals surface area contributed by atoms with Crippen LogP contribution in [-0.2, 0) is 4.79 Å². The molecule has 0 aliphatic rings. The third-order valence-corrected chi connectivity index (χ3v) is 3.95. The van der Waals surface area contributed by atoms with Crippen LogP contribution in [0.2, 0.25) is 0 Å². The van der Waals surface area contributed by atoms with Crippen LogP contribution in [0.4, 0.5) is 5.69 Å². The van der Waals surface area contributed by atoms with Crippen LogP contribution in [0.5, 0.6) is 5.75 Å². The van der Waals surface area contributed by atoms with Crippen LogP contribution < -0.4 is 10.1 Å². The zero-order valence-electron chi connectivity index (χ0n) is 12.5. The molecule has 2 aromatic rings. The molecule has 0 fully saturated rings. The Hall–Kier alpha value is -2.33. The van der Waals surface area contributed by atoms with Crippen LogP contribution in [0.1, 0.15) is 12.5 Å². The first kappa shape index (κ1) is 17.0. The number of nitriles is 1. The highest BCUT2D eigenvalue weighted by Gasteiger charge is 2.12. The monoisotopic (exact) mass is 418 g/mol. The summed E-state index contributed by atoms with van der Waals surface area (Å²) in [5.41, 5.74) is 1.40. The first-order valence-corrected chi connectivity index (χ1v) is 8.13. The van der Waals surface area contributed by atoms with E-state index in [2.05, 4.69) is 27.9 Å². The maximum atomic E-state index is 12.3. The number of para-hydroxylation sites is 2. The van der Waals surface area contributed by atoms with Gasteiger partial charge in [-0.05, 0) is 53.8 Å². The van der Waals surface area contributed by atoms with Crippen molar-refractivity contribution in [2.45, 2.75) is 6.92 Å². The van der Waals surface area contributed by atoms with E-state index in [4.69, 9.17) is 4.74 Å². The molecule has 0 atom stereocenters. The highest BCUT2D eigenvalue weighted by atomic mass is 127. The van der Waals surface area contributed by atoms with Crippen LogP contribution >= 0.6 is 22.6 Å². The van der Waals surface area contributed by atoms with Gasteiger partial charge in [-0.15, -0.1) is 0 Å². The van der Waals surface area contributed by atoms with Crippen molar-refractivity contribution >= 4 is 40.3 Å². The molecule has 0 saturated carbocycles. The van der Waals surface area contributed by atoms with Crippen molar-refractivity contribution < 1.29 is 9.53 Å². The van der Waals surface area contributed by atoms with E-state index in [1.807, 2.05) is 55.5 Å². The fourth-order valence-electron chi connectivity index (χ4n) is 1.94. The van der Waals surface area contributed by atoms with Gasteiger partial charge in [0.15, 0.2) is 0 Å². The summed E-state index contributed by atoms with van der Waals surface area (Å²) in [6, 6.07) is 16.6. The number of ether oxygens (including phenoxy) is 1. The molecule has 116 valence electrons.